The van der Waals surface area contributed by atoms with Crippen molar-refractivity contribution in [3.8, 4) is 0 Å². The smallest absolute Gasteiger partial charge is 0.251 e. The minimum absolute atomic E-state index is 0.0434. The number of amides is 1. The number of halogens is 2. The number of carbonyl (C=O) groups is 1. The van der Waals surface area contributed by atoms with Crippen molar-refractivity contribution in [3.63, 3.8) is 0 Å². The summed E-state index contributed by atoms with van der Waals surface area (Å²) in [5.41, 5.74) is 0.893. The van der Waals surface area contributed by atoms with Gasteiger partial charge in [-0.15, -0.1) is 0 Å². The summed E-state index contributed by atoms with van der Waals surface area (Å²) >= 11 is 12.1. The lowest BCUT2D eigenvalue weighted by Crippen LogP contribution is -2.45. The van der Waals surface area contributed by atoms with Crippen LogP contribution in [0.25, 0.3) is 0 Å². The maximum Gasteiger partial charge on any atom is 0.251 e. The Balaban J connectivity index is 0.00000155. The number of anilines is 1. The van der Waals surface area contributed by atoms with Gasteiger partial charge in [-0.05, 0) is 38.7 Å². The molecule has 0 radical (unpaired) electrons. The van der Waals surface area contributed by atoms with Gasteiger partial charge >= 0.3 is 0 Å². The molecule has 0 unspecified atom stereocenters. The molecule has 0 saturated heterocycles. The predicted molar refractivity (Wildman–Crippen MR) is 122 cm³/mol. The van der Waals surface area contributed by atoms with Crippen LogP contribution in [-0.4, -0.2) is 28.1 Å². The number of pyridine rings is 1. The monoisotopic (exact) mass is 453 g/mol. The lowest BCUT2D eigenvalue weighted by atomic mass is 9.98. The fourth-order valence-corrected chi connectivity index (χ4v) is 3.93. The van der Waals surface area contributed by atoms with Crippen molar-refractivity contribution in [1.29, 1.82) is 0 Å². The van der Waals surface area contributed by atoms with E-state index >= 15 is 0 Å². The molecule has 0 atom stereocenters. The standard InChI is InChI=1S/C20H23Cl2N3O3.C2H6/c1-3-16(26)18-15(24-11-20(28-18)6-4-5-7-20)8-12(2)19(27)25-17-13(21)9-23-10-14(17)22;1-2/h3,9-10,24,26H,2,4-8,11H2,1H3,(H,23,25,27);1-2H3/b16-3+;. The van der Waals surface area contributed by atoms with Gasteiger partial charge in [0.1, 0.15) is 5.60 Å². The fourth-order valence-electron chi connectivity index (χ4n) is 3.47. The van der Waals surface area contributed by atoms with E-state index in [1.54, 1.807) is 13.0 Å². The average Bonchev–Trinajstić information content (AvgIpc) is 3.20. The number of aromatic nitrogens is 1. The summed E-state index contributed by atoms with van der Waals surface area (Å²) in [6, 6.07) is 0. The number of hydrogen-bond donors (Lipinski definition) is 3. The Labute approximate surface area is 188 Å². The zero-order valence-corrected chi connectivity index (χ0v) is 19.2. The van der Waals surface area contributed by atoms with E-state index < -0.39 is 5.91 Å². The number of aliphatic hydroxyl groups excluding tert-OH is 1. The Hall–Kier alpha value is -2.18. The molecule has 1 aliphatic carbocycles. The minimum Gasteiger partial charge on any atom is -0.504 e. The zero-order valence-electron chi connectivity index (χ0n) is 17.6. The number of nitrogens with zero attached hydrogens (tertiary/aromatic N) is 1. The Bertz CT molecular complexity index is 839. The van der Waals surface area contributed by atoms with Gasteiger partial charge in [0.2, 0.25) is 0 Å². The number of allylic oxidation sites excluding steroid dienone is 2. The molecular formula is C22H29Cl2N3O3. The topological polar surface area (TPSA) is 83.5 Å². The molecule has 1 spiro atoms. The minimum atomic E-state index is -0.426. The molecule has 2 heterocycles. The molecule has 164 valence electrons. The molecule has 1 aromatic heterocycles. The summed E-state index contributed by atoms with van der Waals surface area (Å²) in [4.78, 5) is 16.4. The third kappa shape index (κ3) is 5.49. The molecule has 1 aliphatic heterocycles. The molecule has 8 heteroatoms. The molecule has 1 saturated carbocycles. The van der Waals surface area contributed by atoms with E-state index in [1.165, 1.54) is 12.4 Å². The lowest BCUT2D eigenvalue weighted by Gasteiger charge is -2.37. The van der Waals surface area contributed by atoms with Gasteiger partial charge in [-0.1, -0.05) is 43.6 Å². The van der Waals surface area contributed by atoms with Gasteiger partial charge in [0.15, 0.2) is 11.5 Å². The molecule has 30 heavy (non-hydrogen) atoms. The van der Waals surface area contributed by atoms with Crippen LogP contribution in [0.4, 0.5) is 5.69 Å². The van der Waals surface area contributed by atoms with Crippen LogP contribution < -0.4 is 10.6 Å². The maximum atomic E-state index is 12.6. The molecule has 1 amide bonds. The second kappa shape index (κ2) is 10.7. The summed E-state index contributed by atoms with van der Waals surface area (Å²) in [6.45, 7) is 10.2. The first-order valence-electron chi connectivity index (χ1n) is 10.1. The molecule has 1 aromatic rings. The number of rotatable bonds is 5. The largest absolute Gasteiger partial charge is 0.504 e. The van der Waals surface area contributed by atoms with E-state index in [9.17, 15) is 9.90 Å². The maximum absolute atomic E-state index is 12.6. The van der Waals surface area contributed by atoms with Gasteiger partial charge < -0.3 is 20.5 Å². The number of aliphatic hydroxyl groups is 1. The average molecular weight is 454 g/mol. The van der Waals surface area contributed by atoms with Crippen LogP contribution in [0.5, 0.6) is 0 Å². The highest BCUT2D eigenvalue weighted by Gasteiger charge is 2.41. The Morgan fingerprint density at radius 1 is 1.33 bits per heavy atom. The summed E-state index contributed by atoms with van der Waals surface area (Å²) in [5, 5.41) is 16.8. The van der Waals surface area contributed by atoms with Crippen molar-refractivity contribution in [2.45, 2.75) is 58.5 Å². The number of nitrogens with one attached hydrogen (secondary N) is 2. The predicted octanol–water partition coefficient (Wildman–Crippen LogP) is 5.91. The van der Waals surface area contributed by atoms with Crippen molar-refractivity contribution in [1.82, 2.24) is 10.3 Å². The normalized spacial score (nSPS) is 17.6. The van der Waals surface area contributed by atoms with Crippen LogP contribution >= 0.6 is 23.2 Å². The highest BCUT2D eigenvalue weighted by molar-refractivity contribution is 6.39. The Morgan fingerprint density at radius 3 is 2.50 bits per heavy atom. The number of hydrogen-bond acceptors (Lipinski definition) is 5. The SMILES string of the molecule is C=C(CC1=C(/C(O)=C\C)OC2(CCCC2)CN1)C(=O)Nc1c(Cl)cncc1Cl.CC. The van der Waals surface area contributed by atoms with Crippen LogP contribution in [0.3, 0.4) is 0 Å². The van der Waals surface area contributed by atoms with Crippen molar-refractivity contribution < 1.29 is 14.6 Å². The molecule has 0 bridgehead atoms. The van der Waals surface area contributed by atoms with Crippen LogP contribution in [0.2, 0.25) is 10.0 Å². The zero-order chi connectivity index (χ0) is 22.3. The summed E-state index contributed by atoms with van der Waals surface area (Å²) in [5.74, 6) is -0.00347. The van der Waals surface area contributed by atoms with Gasteiger partial charge in [-0.3, -0.25) is 9.78 Å². The number of carbonyl (C=O) groups excluding carboxylic acids is 1. The summed E-state index contributed by atoms with van der Waals surface area (Å²) in [7, 11) is 0. The Morgan fingerprint density at radius 2 is 1.93 bits per heavy atom. The van der Waals surface area contributed by atoms with Gasteiger partial charge in [0.25, 0.3) is 5.91 Å². The fraction of sp³-hybridized carbons (Fsp3) is 0.455. The first-order valence-corrected chi connectivity index (χ1v) is 10.9. The lowest BCUT2D eigenvalue weighted by molar-refractivity contribution is -0.112. The van der Waals surface area contributed by atoms with Gasteiger partial charge in [0.05, 0.1) is 28.0 Å². The first-order chi connectivity index (χ1) is 14.3. The highest BCUT2D eigenvalue weighted by atomic mass is 35.5. The van der Waals surface area contributed by atoms with Gasteiger partial charge in [-0.2, -0.15) is 0 Å². The Kier molecular flexibility index (Phi) is 8.62. The first kappa shape index (κ1) is 24.1. The van der Waals surface area contributed by atoms with E-state index in [0.29, 0.717) is 18.0 Å². The second-order valence-electron chi connectivity index (χ2n) is 7.04. The number of ether oxygens (including phenoxy) is 1. The molecule has 6 nitrogen and oxygen atoms in total. The highest BCUT2D eigenvalue weighted by Crippen LogP contribution is 2.39. The van der Waals surface area contributed by atoms with E-state index in [-0.39, 0.29) is 39.1 Å². The molecular weight excluding hydrogens is 425 g/mol. The van der Waals surface area contributed by atoms with Gasteiger partial charge in [0, 0.05) is 24.4 Å². The molecule has 1 fully saturated rings. The summed E-state index contributed by atoms with van der Waals surface area (Å²) in [6.07, 6.45) is 8.64. The van der Waals surface area contributed by atoms with Crippen LogP contribution in [0.1, 0.15) is 52.9 Å². The third-order valence-corrected chi connectivity index (χ3v) is 5.61. The van der Waals surface area contributed by atoms with Crippen molar-refractivity contribution in [2.75, 3.05) is 11.9 Å². The van der Waals surface area contributed by atoms with Crippen molar-refractivity contribution in [3.05, 3.63) is 57.9 Å². The second-order valence-corrected chi connectivity index (χ2v) is 7.85. The van der Waals surface area contributed by atoms with Crippen molar-refractivity contribution >= 4 is 34.8 Å². The molecule has 2 aliphatic rings. The van der Waals surface area contributed by atoms with E-state index in [4.69, 9.17) is 27.9 Å². The molecule has 0 aromatic carbocycles. The van der Waals surface area contributed by atoms with Crippen LogP contribution in [0.15, 0.2) is 47.8 Å². The van der Waals surface area contributed by atoms with Crippen molar-refractivity contribution in [2.24, 2.45) is 0 Å². The van der Waals surface area contributed by atoms with Crippen LogP contribution in [0, 0.1) is 0 Å². The summed E-state index contributed by atoms with van der Waals surface area (Å²) < 4.78 is 6.21. The van der Waals surface area contributed by atoms with Crippen LogP contribution in [-0.2, 0) is 9.53 Å². The third-order valence-electron chi connectivity index (χ3n) is 5.04. The molecule has 3 N–H and O–H groups in total. The quantitative estimate of drug-likeness (QED) is 0.381. The van der Waals surface area contributed by atoms with E-state index in [1.807, 2.05) is 13.8 Å². The van der Waals surface area contributed by atoms with E-state index in [2.05, 4.69) is 22.2 Å². The van der Waals surface area contributed by atoms with Gasteiger partial charge in [-0.25, -0.2) is 0 Å². The molecule has 3 rings (SSSR count). The van der Waals surface area contributed by atoms with E-state index in [0.717, 1.165) is 25.7 Å².